The Labute approximate surface area is 218 Å². The maximum atomic E-state index is 13.7. The van der Waals surface area contributed by atoms with Gasteiger partial charge < -0.3 is 15.4 Å². The summed E-state index contributed by atoms with van der Waals surface area (Å²) >= 11 is 1.31. The SMILES string of the molecule is COc1ncc(F)cc1Cc1ncc(NC(=O)C(NC(=O)c2ccnn2C(C)C)C(C2CC2)C2CC2)s1. The molecule has 1 unspecified atom stereocenters. The van der Waals surface area contributed by atoms with Crippen LogP contribution in [-0.4, -0.2) is 44.7 Å². The van der Waals surface area contributed by atoms with Crippen LogP contribution in [0.3, 0.4) is 0 Å². The fourth-order valence-corrected chi connectivity index (χ4v) is 5.78. The summed E-state index contributed by atoms with van der Waals surface area (Å²) in [5.74, 6) is 0.342. The molecule has 1 atom stereocenters. The number of pyridine rings is 1. The van der Waals surface area contributed by atoms with Crippen LogP contribution in [0.2, 0.25) is 0 Å². The van der Waals surface area contributed by atoms with Crippen LogP contribution in [0.4, 0.5) is 9.39 Å². The lowest BCUT2D eigenvalue weighted by Gasteiger charge is -2.27. The highest BCUT2D eigenvalue weighted by Crippen LogP contribution is 2.51. The number of carbonyl (C=O) groups is 2. The predicted octanol–water partition coefficient (Wildman–Crippen LogP) is 4.23. The number of nitrogens with one attached hydrogen (secondary N) is 2. The molecule has 5 rings (SSSR count). The summed E-state index contributed by atoms with van der Waals surface area (Å²) in [4.78, 5) is 35.2. The van der Waals surface area contributed by atoms with E-state index >= 15 is 0 Å². The normalized spacial score (nSPS) is 16.2. The van der Waals surface area contributed by atoms with Crippen LogP contribution >= 0.6 is 11.3 Å². The number of carbonyl (C=O) groups excluding carboxylic acids is 2. The zero-order valence-electron chi connectivity index (χ0n) is 21.1. The molecule has 3 aromatic rings. The van der Waals surface area contributed by atoms with Crippen molar-refractivity contribution in [1.82, 2.24) is 25.1 Å². The van der Waals surface area contributed by atoms with Crippen molar-refractivity contribution in [2.75, 3.05) is 12.4 Å². The highest BCUT2D eigenvalue weighted by atomic mass is 32.1. The average molecular weight is 527 g/mol. The first-order chi connectivity index (χ1) is 17.8. The van der Waals surface area contributed by atoms with Crippen molar-refractivity contribution in [1.29, 1.82) is 0 Å². The van der Waals surface area contributed by atoms with Gasteiger partial charge in [0.15, 0.2) is 0 Å². The van der Waals surface area contributed by atoms with Gasteiger partial charge in [0.1, 0.15) is 22.6 Å². The first-order valence-corrected chi connectivity index (χ1v) is 13.4. The molecule has 2 N–H and O–H groups in total. The number of anilines is 1. The summed E-state index contributed by atoms with van der Waals surface area (Å²) in [6.45, 7) is 3.92. The number of methoxy groups -OCH3 is 1. The van der Waals surface area contributed by atoms with E-state index < -0.39 is 11.9 Å². The monoisotopic (exact) mass is 526 g/mol. The molecule has 196 valence electrons. The molecule has 0 spiro atoms. The molecule has 2 aliphatic rings. The average Bonchev–Trinajstić information content (AvgIpc) is 3.79. The molecule has 2 aliphatic carbocycles. The Balaban J connectivity index is 1.33. The van der Waals surface area contributed by atoms with Crippen LogP contribution in [0, 0.1) is 23.6 Å². The molecule has 0 saturated heterocycles. The summed E-state index contributed by atoms with van der Waals surface area (Å²) in [6.07, 6.45) is 8.95. The van der Waals surface area contributed by atoms with Crippen molar-refractivity contribution in [3.05, 3.63) is 52.8 Å². The fourth-order valence-electron chi connectivity index (χ4n) is 4.94. The minimum absolute atomic E-state index is 0.0215. The molecule has 3 heterocycles. The Morgan fingerprint density at radius 3 is 2.57 bits per heavy atom. The fraction of sp³-hybridized carbons (Fsp3) is 0.500. The van der Waals surface area contributed by atoms with Gasteiger partial charge in [0.25, 0.3) is 5.91 Å². The maximum Gasteiger partial charge on any atom is 0.270 e. The molecule has 2 saturated carbocycles. The van der Waals surface area contributed by atoms with Gasteiger partial charge in [-0.1, -0.05) is 0 Å². The topological polar surface area (TPSA) is 111 Å². The smallest absolute Gasteiger partial charge is 0.270 e. The summed E-state index contributed by atoms with van der Waals surface area (Å²) in [6, 6.07) is 2.42. The van der Waals surface area contributed by atoms with E-state index in [9.17, 15) is 14.0 Å². The lowest BCUT2D eigenvalue weighted by Crippen LogP contribution is -2.50. The van der Waals surface area contributed by atoms with Gasteiger partial charge in [-0.3, -0.25) is 14.3 Å². The summed E-state index contributed by atoms with van der Waals surface area (Å²) < 4.78 is 20.6. The number of aromatic nitrogens is 4. The third-order valence-electron chi connectivity index (χ3n) is 6.91. The van der Waals surface area contributed by atoms with E-state index in [2.05, 4.69) is 25.7 Å². The van der Waals surface area contributed by atoms with Crippen LogP contribution in [-0.2, 0) is 11.2 Å². The highest BCUT2D eigenvalue weighted by molar-refractivity contribution is 7.15. The van der Waals surface area contributed by atoms with E-state index in [0.29, 0.717) is 45.4 Å². The number of halogens is 1. The van der Waals surface area contributed by atoms with Gasteiger partial charge in [-0.15, -0.1) is 11.3 Å². The second-order valence-electron chi connectivity index (χ2n) is 10.1. The third kappa shape index (κ3) is 5.82. The minimum atomic E-state index is -0.652. The molecular formula is C26H31FN6O3S. The van der Waals surface area contributed by atoms with E-state index in [0.717, 1.165) is 31.9 Å². The van der Waals surface area contributed by atoms with Crippen molar-refractivity contribution in [2.24, 2.45) is 17.8 Å². The second kappa shape index (κ2) is 10.6. The zero-order chi connectivity index (χ0) is 26.1. The minimum Gasteiger partial charge on any atom is -0.481 e. The van der Waals surface area contributed by atoms with Crippen LogP contribution < -0.4 is 15.4 Å². The van der Waals surface area contributed by atoms with Crippen LogP contribution in [0.5, 0.6) is 5.88 Å². The lowest BCUT2D eigenvalue weighted by atomic mass is 9.88. The van der Waals surface area contributed by atoms with Gasteiger partial charge >= 0.3 is 0 Å². The number of hydrogen-bond acceptors (Lipinski definition) is 7. The standard InChI is InChI=1S/C26H31FN6O3S/c1-14(2)33-19(8-9-30-33)24(34)32-23(22(15-4-5-15)16-6-7-16)25(35)31-21-13-28-20(37-21)11-17-10-18(27)12-29-26(17)36-3/h8-10,12-16,22-23H,4-7,11H2,1-3H3,(H,31,35)(H,32,34). The quantitative estimate of drug-likeness (QED) is 0.387. The Morgan fingerprint density at radius 2 is 1.92 bits per heavy atom. The van der Waals surface area contributed by atoms with Crippen molar-refractivity contribution < 1.29 is 18.7 Å². The molecule has 3 aromatic heterocycles. The van der Waals surface area contributed by atoms with E-state index in [-0.39, 0.29) is 23.8 Å². The molecule has 9 nitrogen and oxygen atoms in total. The van der Waals surface area contributed by atoms with Gasteiger partial charge in [-0.05, 0) is 69.4 Å². The number of nitrogens with zero attached hydrogens (tertiary/aromatic N) is 4. The Morgan fingerprint density at radius 1 is 1.19 bits per heavy atom. The Hall–Kier alpha value is -3.34. The van der Waals surface area contributed by atoms with Gasteiger partial charge in [-0.25, -0.2) is 14.4 Å². The third-order valence-corrected chi connectivity index (χ3v) is 7.82. The van der Waals surface area contributed by atoms with Crippen molar-refractivity contribution in [3.63, 3.8) is 0 Å². The van der Waals surface area contributed by atoms with Crippen LogP contribution in [0.15, 0.2) is 30.7 Å². The largest absolute Gasteiger partial charge is 0.481 e. The van der Waals surface area contributed by atoms with E-state index in [1.165, 1.54) is 24.5 Å². The molecule has 37 heavy (non-hydrogen) atoms. The molecule has 11 heteroatoms. The lowest BCUT2D eigenvalue weighted by molar-refractivity contribution is -0.119. The number of amides is 2. The van der Waals surface area contributed by atoms with Crippen molar-refractivity contribution in [3.8, 4) is 5.88 Å². The maximum absolute atomic E-state index is 13.7. The molecule has 0 aromatic carbocycles. The molecule has 0 aliphatic heterocycles. The van der Waals surface area contributed by atoms with E-state index in [1.54, 1.807) is 23.1 Å². The van der Waals surface area contributed by atoms with Gasteiger partial charge in [-0.2, -0.15) is 5.10 Å². The van der Waals surface area contributed by atoms with Gasteiger partial charge in [0.2, 0.25) is 11.8 Å². The summed E-state index contributed by atoms with van der Waals surface area (Å²) in [5, 5.41) is 11.5. The molecule has 0 bridgehead atoms. The highest BCUT2D eigenvalue weighted by Gasteiger charge is 2.48. The molecular weight excluding hydrogens is 495 g/mol. The summed E-state index contributed by atoms with van der Waals surface area (Å²) in [7, 11) is 1.48. The van der Waals surface area contributed by atoms with E-state index in [1.807, 2.05) is 13.8 Å². The summed E-state index contributed by atoms with van der Waals surface area (Å²) in [5.41, 5.74) is 1.01. The number of hydrogen-bond donors (Lipinski definition) is 2. The van der Waals surface area contributed by atoms with Gasteiger partial charge in [0.05, 0.1) is 24.5 Å². The molecule has 2 fully saturated rings. The van der Waals surface area contributed by atoms with Crippen LogP contribution in [0.1, 0.15) is 66.6 Å². The van der Waals surface area contributed by atoms with Gasteiger partial charge in [0, 0.05) is 24.2 Å². The first kappa shape index (κ1) is 25.3. The predicted molar refractivity (Wildman–Crippen MR) is 137 cm³/mol. The van der Waals surface area contributed by atoms with Crippen molar-refractivity contribution in [2.45, 2.75) is 58.0 Å². The number of ether oxygens (including phenoxy) is 1. The number of rotatable bonds is 11. The Kier molecular flexibility index (Phi) is 7.23. The van der Waals surface area contributed by atoms with E-state index in [4.69, 9.17) is 4.74 Å². The zero-order valence-corrected chi connectivity index (χ0v) is 21.9. The first-order valence-electron chi connectivity index (χ1n) is 12.6. The van der Waals surface area contributed by atoms with Crippen LogP contribution in [0.25, 0.3) is 0 Å². The number of thiazole rings is 1. The second-order valence-corrected chi connectivity index (χ2v) is 11.2. The molecule has 0 radical (unpaired) electrons. The van der Waals surface area contributed by atoms with Crippen molar-refractivity contribution >= 4 is 28.2 Å². The Bertz CT molecular complexity index is 1270. The molecule has 2 amide bonds.